The number of hydrogen-bond donors (Lipinski definition) is 3. The normalized spacial score (nSPS) is 23.4. The van der Waals surface area contributed by atoms with Gasteiger partial charge in [-0.05, 0) is 80.0 Å². The monoisotopic (exact) mass is 500 g/mol. The Labute approximate surface area is 216 Å². The third-order valence-electron chi connectivity index (χ3n) is 8.19. The molecule has 1 unspecified atom stereocenters. The van der Waals surface area contributed by atoms with Crippen LogP contribution in [0.1, 0.15) is 58.8 Å². The minimum atomic E-state index is -1.08. The van der Waals surface area contributed by atoms with Crippen molar-refractivity contribution in [2.24, 2.45) is 11.3 Å². The predicted octanol–water partition coefficient (Wildman–Crippen LogP) is 4.56. The van der Waals surface area contributed by atoms with Gasteiger partial charge in [0, 0.05) is 46.7 Å². The number of aryl methyl sites for hydroxylation is 1. The van der Waals surface area contributed by atoms with Crippen LogP contribution < -0.4 is 10.1 Å². The number of rotatable bonds is 7. The summed E-state index contributed by atoms with van der Waals surface area (Å²) in [4.78, 5) is 29.0. The number of benzene rings is 2. The van der Waals surface area contributed by atoms with Crippen molar-refractivity contribution in [3.63, 3.8) is 0 Å². The summed E-state index contributed by atoms with van der Waals surface area (Å²) >= 11 is 0. The number of aromatic amines is 1. The standard InChI is InChI=1S/C29H32N4O4/c1-18-11-25(37-2)23(22-7-9-31-27(18)22)17-33-10-8-29(12-19(13-29)15-30)14-24(33)20-3-5-21(6-4-20)28(36)32-16-26(34)35/h3-7,9,11,19,24,31H,8,10,12-14,16-17H2,1-2H3,(H,32,36)(H,34,35). The zero-order valence-electron chi connectivity index (χ0n) is 21.2. The molecule has 5 rings (SSSR count). The SMILES string of the molecule is COc1cc(C)c2[nH]ccc2c1CN1CCC2(CC(C#N)C2)CC1c1ccc(C(=O)NCC(=O)O)cc1. The van der Waals surface area contributed by atoms with Crippen molar-refractivity contribution in [2.75, 3.05) is 20.2 Å². The van der Waals surface area contributed by atoms with Gasteiger partial charge in [-0.3, -0.25) is 14.5 Å². The number of carboxylic acids is 1. The van der Waals surface area contributed by atoms with Gasteiger partial charge in [0.15, 0.2) is 0 Å². The summed E-state index contributed by atoms with van der Waals surface area (Å²) in [6.07, 6.45) is 5.87. The van der Waals surface area contributed by atoms with Crippen LogP contribution >= 0.6 is 0 Å². The van der Waals surface area contributed by atoms with Crippen LogP contribution in [0.2, 0.25) is 0 Å². The van der Waals surface area contributed by atoms with Crippen molar-refractivity contribution in [3.05, 3.63) is 64.8 Å². The Morgan fingerprint density at radius 3 is 2.68 bits per heavy atom. The van der Waals surface area contributed by atoms with Crippen molar-refractivity contribution in [2.45, 2.75) is 45.2 Å². The molecule has 2 fully saturated rings. The minimum absolute atomic E-state index is 0.129. The lowest BCUT2D eigenvalue weighted by Crippen LogP contribution is -2.48. The summed E-state index contributed by atoms with van der Waals surface area (Å²) in [6, 6.07) is 14.2. The molecule has 3 aromatic rings. The maximum atomic E-state index is 12.3. The number of fused-ring (bicyclic) bond motifs is 1. The molecular weight excluding hydrogens is 468 g/mol. The molecule has 1 spiro atoms. The van der Waals surface area contributed by atoms with E-state index in [0.717, 1.165) is 72.1 Å². The largest absolute Gasteiger partial charge is 0.496 e. The van der Waals surface area contributed by atoms with Crippen LogP contribution in [0.4, 0.5) is 0 Å². The Balaban J connectivity index is 1.44. The van der Waals surface area contributed by atoms with E-state index in [0.29, 0.717) is 5.56 Å². The molecule has 2 heterocycles. The zero-order chi connectivity index (χ0) is 26.2. The van der Waals surface area contributed by atoms with Crippen molar-refractivity contribution in [1.29, 1.82) is 5.26 Å². The van der Waals surface area contributed by atoms with Gasteiger partial charge in [0.2, 0.25) is 0 Å². The number of likely N-dealkylation sites (tertiary alicyclic amines) is 1. The first-order valence-corrected chi connectivity index (χ1v) is 12.7. The molecule has 1 atom stereocenters. The lowest BCUT2D eigenvalue weighted by Gasteiger charge is -2.53. The summed E-state index contributed by atoms with van der Waals surface area (Å²) in [5.74, 6) is -0.458. The number of nitrogens with one attached hydrogen (secondary N) is 2. The highest BCUT2D eigenvalue weighted by atomic mass is 16.5. The number of H-pyrrole nitrogens is 1. The second-order valence-corrected chi connectivity index (χ2v) is 10.5. The van der Waals surface area contributed by atoms with E-state index in [1.807, 2.05) is 18.3 Å². The number of nitriles is 1. The van der Waals surface area contributed by atoms with Gasteiger partial charge in [-0.25, -0.2) is 0 Å². The molecule has 1 aliphatic heterocycles. The maximum Gasteiger partial charge on any atom is 0.322 e. The van der Waals surface area contributed by atoms with Gasteiger partial charge in [0.05, 0.1) is 13.2 Å². The van der Waals surface area contributed by atoms with Crippen molar-refractivity contribution >= 4 is 22.8 Å². The second-order valence-electron chi connectivity index (χ2n) is 10.5. The number of aromatic nitrogens is 1. The van der Waals surface area contributed by atoms with Crippen LogP contribution in [0.5, 0.6) is 5.75 Å². The molecule has 0 radical (unpaired) electrons. The highest BCUT2D eigenvalue weighted by Gasteiger charge is 2.49. The van der Waals surface area contributed by atoms with Crippen LogP contribution in [0.3, 0.4) is 0 Å². The fourth-order valence-electron chi connectivity index (χ4n) is 6.24. The lowest BCUT2D eigenvalue weighted by atomic mass is 9.56. The highest BCUT2D eigenvalue weighted by molar-refractivity contribution is 5.95. The summed E-state index contributed by atoms with van der Waals surface area (Å²) in [5.41, 5.74) is 5.14. The van der Waals surface area contributed by atoms with Crippen LogP contribution in [0.15, 0.2) is 42.6 Å². The number of hydrogen-bond acceptors (Lipinski definition) is 5. The van der Waals surface area contributed by atoms with Crippen LogP contribution in [-0.4, -0.2) is 47.1 Å². The molecule has 2 aliphatic rings. The summed E-state index contributed by atoms with van der Waals surface area (Å²) < 4.78 is 5.81. The molecule has 1 amide bonds. The van der Waals surface area contributed by atoms with Gasteiger partial charge >= 0.3 is 5.97 Å². The molecule has 8 heteroatoms. The van der Waals surface area contributed by atoms with Gasteiger partial charge in [-0.15, -0.1) is 0 Å². The number of piperidine rings is 1. The van der Waals surface area contributed by atoms with Crippen LogP contribution in [0.25, 0.3) is 10.9 Å². The molecular formula is C29H32N4O4. The Kier molecular flexibility index (Phi) is 6.65. The zero-order valence-corrected chi connectivity index (χ0v) is 21.2. The summed E-state index contributed by atoms with van der Waals surface area (Å²) in [6.45, 7) is 3.30. The Bertz CT molecular complexity index is 1370. The number of ether oxygens (including phenoxy) is 1. The fourth-order valence-corrected chi connectivity index (χ4v) is 6.24. The van der Waals surface area contributed by atoms with E-state index >= 15 is 0 Å². The van der Waals surface area contributed by atoms with E-state index in [-0.39, 0.29) is 17.4 Å². The third-order valence-corrected chi connectivity index (χ3v) is 8.19. The van der Waals surface area contributed by atoms with E-state index in [2.05, 4.69) is 40.3 Å². The Morgan fingerprint density at radius 2 is 2.00 bits per heavy atom. The van der Waals surface area contributed by atoms with Gasteiger partial charge in [-0.1, -0.05) is 12.1 Å². The van der Waals surface area contributed by atoms with Crippen LogP contribution in [0, 0.1) is 29.6 Å². The molecule has 0 bridgehead atoms. The van der Waals surface area contributed by atoms with Crippen molar-refractivity contribution in [3.8, 4) is 11.8 Å². The number of carbonyl (C=O) groups excluding carboxylic acids is 1. The Hall–Kier alpha value is -3.83. The summed E-state index contributed by atoms with van der Waals surface area (Å²) in [7, 11) is 1.71. The predicted molar refractivity (Wildman–Crippen MR) is 139 cm³/mol. The quantitative estimate of drug-likeness (QED) is 0.438. The first kappa shape index (κ1) is 24.8. The number of aliphatic carboxylic acids is 1. The number of methoxy groups -OCH3 is 1. The van der Waals surface area contributed by atoms with Crippen LogP contribution in [-0.2, 0) is 11.3 Å². The smallest absolute Gasteiger partial charge is 0.322 e. The molecule has 192 valence electrons. The number of amides is 1. The number of nitrogens with zero attached hydrogens (tertiary/aromatic N) is 2. The number of carboxylic acid groups (broad SMARTS) is 1. The number of carbonyl (C=O) groups is 2. The van der Waals surface area contributed by atoms with E-state index in [4.69, 9.17) is 9.84 Å². The molecule has 1 saturated heterocycles. The van der Waals surface area contributed by atoms with Gasteiger partial charge < -0.3 is 20.1 Å². The molecule has 37 heavy (non-hydrogen) atoms. The topological polar surface area (TPSA) is 118 Å². The molecule has 1 saturated carbocycles. The molecule has 3 N–H and O–H groups in total. The second kappa shape index (κ2) is 9.91. The van der Waals surface area contributed by atoms with Gasteiger partial charge in [0.1, 0.15) is 12.3 Å². The minimum Gasteiger partial charge on any atom is -0.496 e. The fraction of sp³-hybridized carbons (Fsp3) is 0.414. The lowest BCUT2D eigenvalue weighted by molar-refractivity contribution is -0.135. The van der Waals surface area contributed by atoms with Crippen molar-refractivity contribution in [1.82, 2.24) is 15.2 Å². The molecule has 2 aromatic carbocycles. The van der Waals surface area contributed by atoms with E-state index in [1.165, 1.54) is 0 Å². The van der Waals surface area contributed by atoms with E-state index < -0.39 is 18.4 Å². The molecule has 8 nitrogen and oxygen atoms in total. The molecule has 1 aromatic heterocycles. The van der Waals surface area contributed by atoms with E-state index in [1.54, 1.807) is 19.2 Å². The van der Waals surface area contributed by atoms with Gasteiger partial charge in [0.25, 0.3) is 5.91 Å². The summed E-state index contributed by atoms with van der Waals surface area (Å²) in [5, 5.41) is 21.8. The Morgan fingerprint density at radius 1 is 1.24 bits per heavy atom. The van der Waals surface area contributed by atoms with E-state index in [9.17, 15) is 14.9 Å². The average molecular weight is 501 g/mol. The first-order valence-electron chi connectivity index (χ1n) is 12.7. The maximum absolute atomic E-state index is 12.3. The highest BCUT2D eigenvalue weighted by Crippen LogP contribution is 2.56. The average Bonchev–Trinajstić information content (AvgIpc) is 3.38. The third kappa shape index (κ3) is 4.79. The molecule has 1 aliphatic carbocycles. The van der Waals surface area contributed by atoms with Crippen molar-refractivity contribution < 1.29 is 19.4 Å². The van der Waals surface area contributed by atoms with Gasteiger partial charge in [-0.2, -0.15) is 5.26 Å². The first-order chi connectivity index (χ1) is 17.8.